The van der Waals surface area contributed by atoms with Crippen LogP contribution in [0.3, 0.4) is 0 Å². The first-order valence-electron chi connectivity index (χ1n) is 8.68. The van der Waals surface area contributed by atoms with Crippen molar-refractivity contribution >= 4 is 20.9 Å². The van der Waals surface area contributed by atoms with E-state index in [0.717, 1.165) is 25.7 Å². The third-order valence-corrected chi connectivity index (χ3v) is 4.43. The quantitative estimate of drug-likeness (QED) is 0.308. The summed E-state index contributed by atoms with van der Waals surface area (Å²) in [6.07, 6.45) is 3.54. The zero-order valence-electron chi connectivity index (χ0n) is 15.8. The number of Topliss-reactive ketones (excluding diaryl/α,β-unsaturated/α-hetero) is 1. The SMILES string of the molecule is COc1cccc(OC)c1C(=O)C(C(=O)OC(C)C)C1CCCC1.O=[PH2+]. The Labute approximate surface area is 156 Å². The summed E-state index contributed by atoms with van der Waals surface area (Å²) in [5.41, 5.74) is 0.320. The summed E-state index contributed by atoms with van der Waals surface area (Å²) in [6.45, 7) is 3.58. The highest BCUT2D eigenvalue weighted by molar-refractivity contribution is 7.00. The average molecular weight is 383 g/mol. The number of carbonyl (C=O) groups excluding carboxylic acids is 2. The fraction of sp³-hybridized carbons (Fsp3) is 0.579. The Morgan fingerprint density at radius 3 is 1.96 bits per heavy atom. The predicted molar refractivity (Wildman–Crippen MR) is 101 cm³/mol. The van der Waals surface area contributed by atoms with E-state index in [0.29, 0.717) is 17.1 Å². The molecule has 0 saturated heterocycles. The molecule has 1 aromatic rings. The van der Waals surface area contributed by atoms with Crippen LogP contribution in [0.4, 0.5) is 0 Å². The van der Waals surface area contributed by atoms with Crippen LogP contribution in [-0.2, 0) is 14.1 Å². The fourth-order valence-corrected chi connectivity index (χ4v) is 3.36. The standard InChI is InChI=1S/C19H26O5.H2OP/c1-12(2)24-19(21)16(13-8-5-6-9-13)18(20)17-14(22-3)10-7-11-15(17)23-4;1-2/h7,10-13,16H,5-6,8-9H2,1-4H3;2H2/q;+1. The smallest absolute Gasteiger partial charge is 0.317 e. The van der Waals surface area contributed by atoms with E-state index in [1.54, 1.807) is 32.0 Å². The summed E-state index contributed by atoms with van der Waals surface area (Å²) in [5, 5.41) is 0. The van der Waals surface area contributed by atoms with E-state index < -0.39 is 11.9 Å². The van der Waals surface area contributed by atoms with Crippen LogP contribution in [0, 0.1) is 11.8 Å². The first-order valence-corrected chi connectivity index (χ1v) is 9.16. The number of rotatable bonds is 7. The minimum Gasteiger partial charge on any atom is -0.496 e. The monoisotopic (exact) mass is 383 g/mol. The molecular formula is C19H28O6P+. The Morgan fingerprint density at radius 1 is 1.04 bits per heavy atom. The normalized spacial score (nSPS) is 15.0. The average Bonchev–Trinajstić information content (AvgIpc) is 3.16. The van der Waals surface area contributed by atoms with Gasteiger partial charge in [0.2, 0.25) is 0 Å². The molecule has 0 N–H and O–H groups in total. The highest BCUT2D eigenvalue weighted by Gasteiger charge is 2.40. The second-order valence-electron chi connectivity index (χ2n) is 6.41. The summed E-state index contributed by atoms with van der Waals surface area (Å²) in [7, 11) is 4.17. The molecule has 0 heterocycles. The van der Waals surface area contributed by atoms with Gasteiger partial charge in [0.25, 0.3) is 0 Å². The molecule has 1 fully saturated rings. The van der Waals surface area contributed by atoms with Crippen molar-refractivity contribution in [3.63, 3.8) is 0 Å². The third-order valence-electron chi connectivity index (χ3n) is 4.43. The molecule has 7 heteroatoms. The molecule has 0 spiro atoms. The minimum absolute atomic E-state index is 0.0124. The molecule has 0 radical (unpaired) electrons. The molecule has 1 aliphatic rings. The molecule has 6 nitrogen and oxygen atoms in total. The maximum atomic E-state index is 13.3. The molecule has 1 saturated carbocycles. The lowest BCUT2D eigenvalue weighted by atomic mass is 9.84. The van der Waals surface area contributed by atoms with Crippen molar-refractivity contribution in [3.05, 3.63) is 23.8 Å². The molecule has 144 valence electrons. The van der Waals surface area contributed by atoms with Crippen LogP contribution in [0.1, 0.15) is 49.9 Å². The lowest BCUT2D eigenvalue weighted by molar-refractivity contribution is -0.152. The van der Waals surface area contributed by atoms with Crippen LogP contribution >= 0.6 is 9.12 Å². The summed E-state index contributed by atoms with van der Waals surface area (Å²) in [4.78, 5) is 25.9. The molecular weight excluding hydrogens is 355 g/mol. The highest BCUT2D eigenvalue weighted by Crippen LogP contribution is 2.38. The van der Waals surface area contributed by atoms with Gasteiger partial charge in [-0.15, -0.1) is 0 Å². The van der Waals surface area contributed by atoms with E-state index in [1.807, 2.05) is 0 Å². The lowest BCUT2D eigenvalue weighted by Crippen LogP contribution is -2.34. The van der Waals surface area contributed by atoms with Gasteiger partial charge >= 0.3 is 15.1 Å². The zero-order chi connectivity index (χ0) is 19.7. The number of methoxy groups -OCH3 is 2. The Balaban J connectivity index is 0.00000163. The molecule has 26 heavy (non-hydrogen) atoms. The van der Waals surface area contributed by atoms with Gasteiger partial charge in [-0.25, -0.2) is 0 Å². The van der Waals surface area contributed by atoms with Crippen molar-refractivity contribution < 1.29 is 28.4 Å². The van der Waals surface area contributed by atoms with Crippen LogP contribution in [0.5, 0.6) is 11.5 Å². The Bertz CT molecular complexity index is 588. The summed E-state index contributed by atoms with van der Waals surface area (Å²) in [5.74, 6) is -0.686. The van der Waals surface area contributed by atoms with Gasteiger partial charge < -0.3 is 14.2 Å². The number of carbonyl (C=O) groups is 2. The number of benzene rings is 1. The molecule has 2 unspecified atom stereocenters. The van der Waals surface area contributed by atoms with E-state index in [-0.39, 0.29) is 17.8 Å². The molecule has 0 aromatic heterocycles. The van der Waals surface area contributed by atoms with Gasteiger partial charge in [0.05, 0.1) is 20.3 Å². The summed E-state index contributed by atoms with van der Waals surface area (Å²) >= 11 is 0. The van der Waals surface area contributed by atoms with Crippen LogP contribution in [-0.4, -0.2) is 32.1 Å². The van der Waals surface area contributed by atoms with Crippen molar-refractivity contribution in [1.29, 1.82) is 0 Å². The van der Waals surface area contributed by atoms with Crippen LogP contribution in [0.2, 0.25) is 0 Å². The number of hydrogen-bond acceptors (Lipinski definition) is 6. The maximum Gasteiger partial charge on any atom is 0.317 e. The van der Waals surface area contributed by atoms with Gasteiger partial charge in [0.1, 0.15) is 23.0 Å². The van der Waals surface area contributed by atoms with Gasteiger partial charge in [-0.2, -0.15) is 0 Å². The first kappa shape index (κ1) is 22.1. The number of ether oxygens (including phenoxy) is 3. The van der Waals surface area contributed by atoms with Crippen molar-refractivity contribution in [2.75, 3.05) is 14.2 Å². The van der Waals surface area contributed by atoms with E-state index >= 15 is 0 Å². The van der Waals surface area contributed by atoms with Gasteiger partial charge in [-0.05, 0) is 44.7 Å². The summed E-state index contributed by atoms with van der Waals surface area (Å²) in [6, 6.07) is 5.16. The van der Waals surface area contributed by atoms with E-state index in [2.05, 4.69) is 0 Å². The van der Waals surface area contributed by atoms with Gasteiger partial charge in [0.15, 0.2) is 5.78 Å². The molecule has 2 atom stereocenters. The number of ketones is 1. The molecule has 0 bridgehead atoms. The third kappa shape index (κ3) is 5.28. The van der Waals surface area contributed by atoms with E-state index in [1.165, 1.54) is 23.3 Å². The van der Waals surface area contributed by atoms with Gasteiger partial charge in [-0.3, -0.25) is 9.59 Å². The second-order valence-corrected chi connectivity index (χ2v) is 6.41. The number of esters is 1. The molecule has 2 rings (SSSR count). The lowest BCUT2D eigenvalue weighted by Gasteiger charge is -2.23. The largest absolute Gasteiger partial charge is 0.496 e. The van der Waals surface area contributed by atoms with Gasteiger partial charge in [0, 0.05) is 0 Å². The van der Waals surface area contributed by atoms with E-state index in [9.17, 15) is 9.59 Å². The van der Waals surface area contributed by atoms with Gasteiger partial charge in [-0.1, -0.05) is 23.5 Å². The Kier molecular flexibility index (Phi) is 9.28. The zero-order valence-corrected chi connectivity index (χ0v) is 17.0. The Morgan fingerprint density at radius 2 is 1.54 bits per heavy atom. The molecule has 1 aromatic carbocycles. The number of hydrogen-bond donors (Lipinski definition) is 0. The Hall–Kier alpha value is -1.94. The summed E-state index contributed by atoms with van der Waals surface area (Å²) < 4.78 is 24.2. The minimum atomic E-state index is -0.805. The van der Waals surface area contributed by atoms with Crippen molar-refractivity contribution in [3.8, 4) is 11.5 Å². The fourth-order valence-electron chi connectivity index (χ4n) is 3.36. The maximum absolute atomic E-state index is 13.3. The van der Waals surface area contributed by atoms with Crippen LogP contribution in [0.15, 0.2) is 18.2 Å². The van der Waals surface area contributed by atoms with Crippen LogP contribution < -0.4 is 9.47 Å². The first-order chi connectivity index (χ1) is 12.5. The van der Waals surface area contributed by atoms with E-state index in [4.69, 9.17) is 18.8 Å². The van der Waals surface area contributed by atoms with Crippen molar-refractivity contribution in [2.45, 2.75) is 45.6 Å². The predicted octanol–water partition coefficient (Wildman–Crippen LogP) is 3.85. The topological polar surface area (TPSA) is 78.9 Å². The second kappa shape index (κ2) is 10.9. The van der Waals surface area contributed by atoms with Crippen molar-refractivity contribution in [2.24, 2.45) is 11.8 Å². The highest BCUT2D eigenvalue weighted by atomic mass is 31.0. The molecule has 1 aliphatic carbocycles. The van der Waals surface area contributed by atoms with Crippen LogP contribution in [0.25, 0.3) is 0 Å². The molecule has 0 amide bonds. The van der Waals surface area contributed by atoms with Crippen molar-refractivity contribution in [1.82, 2.24) is 0 Å². The molecule has 0 aliphatic heterocycles.